The van der Waals surface area contributed by atoms with Gasteiger partial charge >= 0.3 is 0 Å². The lowest BCUT2D eigenvalue weighted by Gasteiger charge is -2.29. The van der Waals surface area contributed by atoms with Crippen LogP contribution in [0.1, 0.15) is 83.6 Å². The van der Waals surface area contributed by atoms with Gasteiger partial charge in [-0.05, 0) is 61.9 Å². The van der Waals surface area contributed by atoms with Crippen LogP contribution in [-0.4, -0.2) is 26.8 Å². The predicted octanol–water partition coefficient (Wildman–Crippen LogP) is 3.27. The number of hydrogen-bond acceptors (Lipinski definition) is 4. The van der Waals surface area contributed by atoms with E-state index in [0.29, 0.717) is 6.04 Å². The maximum Gasteiger partial charge on any atom is 0.168 e. The summed E-state index contributed by atoms with van der Waals surface area (Å²) in [7, 11) is 0. The highest BCUT2D eigenvalue weighted by Gasteiger charge is 2.26. The first-order valence-electron chi connectivity index (χ1n) is 8.27. The van der Waals surface area contributed by atoms with Gasteiger partial charge in [-0.1, -0.05) is 26.7 Å². The average molecular weight is 279 g/mol. The van der Waals surface area contributed by atoms with Gasteiger partial charge in [-0.2, -0.15) is 0 Å². The molecule has 20 heavy (non-hydrogen) atoms. The number of rotatable bonds is 7. The van der Waals surface area contributed by atoms with Crippen molar-refractivity contribution in [3.63, 3.8) is 0 Å². The van der Waals surface area contributed by atoms with Gasteiger partial charge < -0.3 is 5.32 Å². The number of nitrogens with zero attached hydrogens (tertiary/aromatic N) is 4. The summed E-state index contributed by atoms with van der Waals surface area (Å²) in [5, 5.41) is 15.9. The molecule has 5 nitrogen and oxygen atoms in total. The fourth-order valence-corrected chi connectivity index (χ4v) is 3.28. The molecule has 0 bridgehead atoms. The lowest BCUT2D eigenvalue weighted by Crippen LogP contribution is -2.26. The van der Waals surface area contributed by atoms with Crippen LogP contribution < -0.4 is 5.32 Å². The van der Waals surface area contributed by atoms with E-state index < -0.39 is 0 Å². The van der Waals surface area contributed by atoms with E-state index in [4.69, 9.17) is 0 Å². The average Bonchev–Trinajstić information content (AvgIpc) is 2.95. The first-order valence-corrected chi connectivity index (χ1v) is 8.27. The Hall–Kier alpha value is -0.970. The van der Waals surface area contributed by atoms with E-state index in [-0.39, 0.29) is 6.04 Å². The molecule has 1 aliphatic rings. The highest BCUT2D eigenvalue weighted by molar-refractivity contribution is 4.93. The van der Waals surface area contributed by atoms with Gasteiger partial charge in [0.05, 0.1) is 12.1 Å². The van der Waals surface area contributed by atoms with Crippen molar-refractivity contribution in [3.05, 3.63) is 5.82 Å². The van der Waals surface area contributed by atoms with Crippen molar-refractivity contribution in [1.82, 2.24) is 25.5 Å². The van der Waals surface area contributed by atoms with Crippen LogP contribution in [0.15, 0.2) is 0 Å². The summed E-state index contributed by atoms with van der Waals surface area (Å²) in [5.74, 6) is 1.92. The number of hydrogen-bond donors (Lipinski definition) is 1. The monoisotopic (exact) mass is 279 g/mol. The molecule has 1 atom stereocenters. The first kappa shape index (κ1) is 15.4. The van der Waals surface area contributed by atoms with E-state index in [1.54, 1.807) is 0 Å². The van der Waals surface area contributed by atoms with Gasteiger partial charge in [0.25, 0.3) is 0 Å². The molecule has 1 N–H and O–H groups in total. The minimum Gasteiger partial charge on any atom is -0.307 e. The van der Waals surface area contributed by atoms with Gasteiger partial charge in [-0.3, -0.25) is 0 Å². The largest absolute Gasteiger partial charge is 0.307 e. The van der Waals surface area contributed by atoms with Crippen LogP contribution in [0.3, 0.4) is 0 Å². The molecule has 1 aromatic rings. The van der Waals surface area contributed by atoms with Gasteiger partial charge in [-0.25, -0.2) is 4.68 Å². The van der Waals surface area contributed by atoms with Crippen LogP contribution in [0.25, 0.3) is 0 Å². The third-order valence-electron chi connectivity index (χ3n) is 4.47. The molecule has 1 saturated carbocycles. The summed E-state index contributed by atoms with van der Waals surface area (Å²) in [5.41, 5.74) is 0. The van der Waals surface area contributed by atoms with Gasteiger partial charge in [0.1, 0.15) is 0 Å². The van der Waals surface area contributed by atoms with Crippen LogP contribution >= 0.6 is 0 Å². The first-order chi connectivity index (χ1) is 9.76. The molecular formula is C15H29N5. The molecule has 0 aromatic carbocycles. The van der Waals surface area contributed by atoms with Crippen LogP contribution in [0, 0.1) is 5.92 Å². The van der Waals surface area contributed by atoms with Crippen molar-refractivity contribution in [2.45, 2.75) is 77.8 Å². The van der Waals surface area contributed by atoms with Gasteiger partial charge in [-0.15, -0.1) is 5.10 Å². The fraction of sp³-hybridized carbons (Fsp3) is 0.933. The normalized spacial score (nSPS) is 24.8. The minimum atomic E-state index is 0.235. The number of aromatic nitrogens is 4. The molecule has 0 saturated heterocycles. The minimum absolute atomic E-state index is 0.235. The predicted molar refractivity (Wildman–Crippen MR) is 80.4 cm³/mol. The summed E-state index contributed by atoms with van der Waals surface area (Å²) in [6.07, 6.45) is 8.93. The molecule has 1 aromatic heterocycles. The summed E-state index contributed by atoms with van der Waals surface area (Å²) in [6.45, 7) is 7.63. The Morgan fingerprint density at radius 3 is 2.60 bits per heavy atom. The third kappa shape index (κ3) is 3.78. The van der Waals surface area contributed by atoms with Crippen molar-refractivity contribution >= 4 is 0 Å². The zero-order valence-corrected chi connectivity index (χ0v) is 13.2. The highest BCUT2D eigenvalue weighted by atomic mass is 15.6. The van der Waals surface area contributed by atoms with Gasteiger partial charge in [0.15, 0.2) is 5.82 Å². The van der Waals surface area contributed by atoms with Crippen LogP contribution in [0.2, 0.25) is 0 Å². The number of nitrogens with one attached hydrogen (secondary N) is 1. The summed E-state index contributed by atoms with van der Waals surface area (Å²) >= 11 is 0. The molecule has 2 rings (SSSR count). The SMILES string of the molecule is CCCNC(C)c1nnnn1C1CCC(CCC)CC1. The van der Waals surface area contributed by atoms with E-state index in [9.17, 15) is 0 Å². The second kappa shape index (κ2) is 7.72. The standard InChI is InChI=1S/C15H29N5/c1-4-6-13-7-9-14(10-8-13)20-15(17-18-19-20)12(3)16-11-5-2/h12-14,16H,4-11H2,1-3H3. The Bertz CT molecular complexity index is 381. The van der Waals surface area contributed by atoms with Crippen molar-refractivity contribution in [3.8, 4) is 0 Å². The second-order valence-electron chi connectivity index (χ2n) is 6.12. The molecule has 5 heteroatoms. The van der Waals surface area contributed by atoms with Crippen molar-refractivity contribution in [1.29, 1.82) is 0 Å². The molecule has 1 fully saturated rings. The Kier molecular flexibility index (Phi) is 5.95. The molecule has 0 aliphatic heterocycles. The maximum absolute atomic E-state index is 4.26. The third-order valence-corrected chi connectivity index (χ3v) is 4.47. The quantitative estimate of drug-likeness (QED) is 0.832. The number of tetrazole rings is 1. The van der Waals surface area contributed by atoms with Crippen LogP contribution in [0.5, 0.6) is 0 Å². The Morgan fingerprint density at radius 2 is 1.95 bits per heavy atom. The Morgan fingerprint density at radius 1 is 1.20 bits per heavy atom. The molecule has 1 unspecified atom stereocenters. The smallest absolute Gasteiger partial charge is 0.168 e. The van der Waals surface area contributed by atoms with E-state index in [1.165, 1.54) is 38.5 Å². The zero-order chi connectivity index (χ0) is 14.4. The summed E-state index contributed by atoms with van der Waals surface area (Å²) in [6, 6.07) is 0.734. The lowest BCUT2D eigenvalue weighted by molar-refractivity contribution is 0.240. The summed E-state index contributed by atoms with van der Waals surface area (Å²) < 4.78 is 2.08. The fourth-order valence-electron chi connectivity index (χ4n) is 3.28. The second-order valence-corrected chi connectivity index (χ2v) is 6.12. The highest BCUT2D eigenvalue weighted by Crippen LogP contribution is 2.34. The molecule has 1 aliphatic carbocycles. The van der Waals surface area contributed by atoms with E-state index in [0.717, 1.165) is 24.7 Å². The Labute approximate surface area is 122 Å². The van der Waals surface area contributed by atoms with Gasteiger partial charge in [0, 0.05) is 0 Å². The Balaban J connectivity index is 1.95. The lowest BCUT2D eigenvalue weighted by atomic mass is 9.83. The van der Waals surface area contributed by atoms with E-state index in [2.05, 4.69) is 46.3 Å². The molecular weight excluding hydrogens is 250 g/mol. The topological polar surface area (TPSA) is 55.6 Å². The summed E-state index contributed by atoms with van der Waals surface area (Å²) in [4.78, 5) is 0. The maximum atomic E-state index is 4.26. The molecule has 1 heterocycles. The van der Waals surface area contributed by atoms with E-state index >= 15 is 0 Å². The van der Waals surface area contributed by atoms with Crippen LogP contribution in [0.4, 0.5) is 0 Å². The molecule has 0 radical (unpaired) electrons. The van der Waals surface area contributed by atoms with Crippen molar-refractivity contribution in [2.24, 2.45) is 5.92 Å². The van der Waals surface area contributed by atoms with Crippen molar-refractivity contribution < 1.29 is 0 Å². The zero-order valence-electron chi connectivity index (χ0n) is 13.2. The molecule has 0 spiro atoms. The molecule has 114 valence electrons. The van der Waals surface area contributed by atoms with Crippen molar-refractivity contribution in [2.75, 3.05) is 6.54 Å². The van der Waals surface area contributed by atoms with Gasteiger partial charge in [0.2, 0.25) is 0 Å². The van der Waals surface area contributed by atoms with E-state index in [1.807, 2.05) is 0 Å². The van der Waals surface area contributed by atoms with Crippen LogP contribution in [-0.2, 0) is 0 Å². The molecule has 0 amide bonds.